The Hall–Kier alpha value is -3.35. The number of primary amides is 1. The van der Waals surface area contributed by atoms with E-state index >= 15 is 0 Å². The molecule has 7 nitrogen and oxygen atoms in total. The number of ether oxygens (including phenoxy) is 1. The van der Waals surface area contributed by atoms with Crippen LogP contribution in [0.5, 0.6) is 5.75 Å². The van der Waals surface area contributed by atoms with Crippen LogP contribution in [0.1, 0.15) is 11.1 Å². The Morgan fingerprint density at radius 3 is 2.54 bits per heavy atom. The molecule has 0 unspecified atom stereocenters. The second-order valence-electron chi connectivity index (χ2n) is 4.82. The van der Waals surface area contributed by atoms with Crippen LogP contribution in [0.15, 0.2) is 59.7 Å². The van der Waals surface area contributed by atoms with Crippen LogP contribution in [0.3, 0.4) is 0 Å². The standard InChI is InChI=1S/C17H18N4O3/c18-17(23)21-20-11-14-8-4-5-9-15(14)24-12-16(22)19-10-13-6-2-1-3-7-13/h1-9,11H,10,12H2,(H,19,22)(H3,18,21,23). The van der Waals surface area contributed by atoms with Gasteiger partial charge < -0.3 is 15.8 Å². The summed E-state index contributed by atoms with van der Waals surface area (Å²) in [5.74, 6) is 0.239. The van der Waals surface area contributed by atoms with Crippen molar-refractivity contribution in [3.05, 3.63) is 65.7 Å². The average Bonchev–Trinajstić information content (AvgIpc) is 2.59. The van der Waals surface area contributed by atoms with Gasteiger partial charge in [-0.25, -0.2) is 10.2 Å². The predicted octanol–water partition coefficient (Wildman–Crippen LogP) is 1.38. The topological polar surface area (TPSA) is 106 Å². The van der Waals surface area contributed by atoms with Gasteiger partial charge in [-0.1, -0.05) is 42.5 Å². The van der Waals surface area contributed by atoms with Gasteiger partial charge in [-0.2, -0.15) is 5.10 Å². The van der Waals surface area contributed by atoms with E-state index in [2.05, 4.69) is 15.8 Å². The van der Waals surface area contributed by atoms with E-state index in [9.17, 15) is 9.59 Å². The molecule has 2 aromatic carbocycles. The van der Waals surface area contributed by atoms with Crippen LogP contribution in [-0.4, -0.2) is 24.8 Å². The van der Waals surface area contributed by atoms with Crippen molar-refractivity contribution in [2.45, 2.75) is 6.54 Å². The number of hydrogen-bond donors (Lipinski definition) is 3. The minimum Gasteiger partial charge on any atom is -0.483 e. The fourth-order valence-corrected chi connectivity index (χ4v) is 1.87. The lowest BCUT2D eigenvalue weighted by Crippen LogP contribution is -2.28. The number of carbonyl (C=O) groups excluding carboxylic acids is 2. The lowest BCUT2D eigenvalue weighted by Gasteiger charge is -2.09. The van der Waals surface area contributed by atoms with Gasteiger partial charge in [0, 0.05) is 12.1 Å². The van der Waals surface area contributed by atoms with Crippen molar-refractivity contribution in [2.75, 3.05) is 6.61 Å². The number of hydrogen-bond acceptors (Lipinski definition) is 4. The number of para-hydroxylation sites is 1. The molecule has 0 bridgehead atoms. The molecule has 0 heterocycles. The van der Waals surface area contributed by atoms with E-state index in [1.54, 1.807) is 24.3 Å². The molecule has 0 saturated carbocycles. The van der Waals surface area contributed by atoms with Crippen molar-refractivity contribution in [2.24, 2.45) is 10.8 Å². The Bertz CT molecular complexity index is 717. The van der Waals surface area contributed by atoms with Crippen LogP contribution >= 0.6 is 0 Å². The van der Waals surface area contributed by atoms with Gasteiger partial charge in [0.2, 0.25) is 0 Å². The highest BCUT2D eigenvalue weighted by atomic mass is 16.5. The molecule has 4 N–H and O–H groups in total. The van der Waals surface area contributed by atoms with E-state index < -0.39 is 6.03 Å². The lowest BCUT2D eigenvalue weighted by atomic mass is 10.2. The number of carbonyl (C=O) groups is 2. The SMILES string of the molecule is NC(=O)NN=Cc1ccccc1OCC(=O)NCc1ccccc1. The van der Waals surface area contributed by atoms with Gasteiger partial charge in [-0.05, 0) is 17.7 Å². The van der Waals surface area contributed by atoms with Crippen molar-refractivity contribution in [1.29, 1.82) is 0 Å². The first-order valence-corrected chi connectivity index (χ1v) is 7.26. The van der Waals surface area contributed by atoms with Gasteiger partial charge in [-0.3, -0.25) is 4.79 Å². The third-order valence-electron chi connectivity index (χ3n) is 2.99. The molecule has 2 rings (SSSR count). The van der Waals surface area contributed by atoms with Crippen molar-refractivity contribution in [3.8, 4) is 5.75 Å². The Morgan fingerprint density at radius 1 is 1.08 bits per heavy atom. The Labute approximate surface area is 139 Å². The molecule has 0 aromatic heterocycles. The first kappa shape index (κ1) is 17.0. The maximum Gasteiger partial charge on any atom is 0.332 e. The minimum absolute atomic E-state index is 0.124. The quantitative estimate of drug-likeness (QED) is 0.528. The zero-order valence-corrected chi connectivity index (χ0v) is 12.9. The smallest absolute Gasteiger partial charge is 0.332 e. The van der Waals surface area contributed by atoms with Crippen LogP contribution < -0.4 is 21.2 Å². The van der Waals surface area contributed by atoms with E-state index in [4.69, 9.17) is 10.5 Å². The molecular weight excluding hydrogens is 308 g/mol. The van der Waals surface area contributed by atoms with E-state index in [1.807, 2.05) is 30.3 Å². The molecule has 7 heteroatoms. The molecule has 2 aromatic rings. The summed E-state index contributed by atoms with van der Waals surface area (Å²) in [7, 11) is 0. The molecule has 3 amide bonds. The van der Waals surface area contributed by atoms with Crippen molar-refractivity contribution >= 4 is 18.2 Å². The second-order valence-corrected chi connectivity index (χ2v) is 4.82. The number of hydrazone groups is 1. The molecule has 0 aliphatic rings. The molecule has 0 atom stereocenters. The molecule has 0 aliphatic carbocycles. The summed E-state index contributed by atoms with van der Waals surface area (Å²) in [6.45, 7) is 0.315. The number of rotatable bonds is 7. The van der Waals surface area contributed by atoms with Crippen LogP contribution in [0, 0.1) is 0 Å². The number of nitrogens with one attached hydrogen (secondary N) is 2. The molecule has 0 aliphatic heterocycles. The number of benzene rings is 2. The van der Waals surface area contributed by atoms with Crippen LogP contribution in [-0.2, 0) is 11.3 Å². The summed E-state index contributed by atoms with van der Waals surface area (Å²) < 4.78 is 5.50. The fraction of sp³-hybridized carbons (Fsp3) is 0.118. The zero-order chi connectivity index (χ0) is 17.2. The van der Waals surface area contributed by atoms with Crippen molar-refractivity contribution in [1.82, 2.24) is 10.7 Å². The van der Waals surface area contributed by atoms with Crippen LogP contribution in [0.25, 0.3) is 0 Å². The molecule has 124 valence electrons. The van der Waals surface area contributed by atoms with E-state index in [-0.39, 0.29) is 12.5 Å². The van der Waals surface area contributed by atoms with Gasteiger partial charge in [0.05, 0.1) is 6.21 Å². The van der Waals surface area contributed by atoms with Gasteiger partial charge in [0.15, 0.2) is 6.61 Å². The van der Waals surface area contributed by atoms with Gasteiger partial charge >= 0.3 is 6.03 Å². The highest BCUT2D eigenvalue weighted by Crippen LogP contribution is 2.15. The molecule has 24 heavy (non-hydrogen) atoms. The van der Waals surface area contributed by atoms with Crippen molar-refractivity contribution in [3.63, 3.8) is 0 Å². The average molecular weight is 326 g/mol. The highest BCUT2D eigenvalue weighted by molar-refractivity contribution is 5.85. The number of urea groups is 1. The zero-order valence-electron chi connectivity index (χ0n) is 12.9. The first-order valence-electron chi connectivity index (χ1n) is 7.26. The second kappa shape index (κ2) is 8.94. The Balaban J connectivity index is 1.86. The molecular formula is C17H18N4O3. The summed E-state index contributed by atoms with van der Waals surface area (Å²) in [6, 6.07) is 15.8. The largest absolute Gasteiger partial charge is 0.483 e. The van der Waals surface area contributed by atoms with Gasteiger partial charge in [0.25, 0.3) is 5.91 Å². The highest BCUT2D eigenvalue weighted by Gasteiger charge is 2.05. The Kier molecular flexibility index (Phi) is 6.34. The fourth-order valence-electron chi connectivity index (χ4n) is 1.87. The van der Waals surface area contributed by atoms with Crippen molar-refractivity contribution < 1.29 is 14.3 Å². The summed E-state index contributed by atoms with van der Waals surface area (Å²) in [5, 5.41) is 6.45. The first-order chi connectivity index (χ1) is 11.6. The number of nitrogens with zero attached hydrogens (tertiary/aromatic N) is 1. The maximum atomic E-state index is 11.9. The third-order valence-corrected chi connectivity index (χ3v) is 2.99. The normalized spacial score (nSPS) is 10.3. The Morgan fingerprint density at radius 2 is 1.79 bits per heavy atom. The van der Waals surface area contributed by atoms with Crippen LogP contribution in [0.4, 0.5) is 4.79 Å². The molecule has 0 radical (unpaired) electrons. The van der Waals surface area contributed by atoms with E-state index in [0.29, 0.717) is 17.9 Å². The number of nitrogens with two attached hydrogens (primary N) is 1. The number of amides is 3. The van der Waals surface area contributed by atoms with E-state index in [0.717, 1.165) is 5.56 Å². The third kappa shape index (κ3) is 5.80. The van der Waals surface area contributed by atoms with Gasteiger partial charge in [0.1, 0.15) is 5.75 Å². The predicted molar refractivity (Wildman–Crippen MR) is 90.5 cm³/mol. The maximum absolute atomic E-state index is 11.9. The molecule has 0 saturated heterocycles. The summed E-state index contributed by atoms with van der Waals surface area (Å²) in [5.41, 5.74) is 8.65. The molecule has 0 spiro atoms. The lowest BCUT2D eigenvalue weighted by molar-refractivity contribution is -0.123. The molecule has 0 fully saturated rings. The summed E-state index contributed by atoms with van der Waals surface area (Å²) >= 11 is 0. The van der Waals surface area contributed by atoms with E-state index in [1.165, 1.54) is 6.21 Å². The summed E-state index contributed by atoms with van der Waals surface area (Å²) in [6.07, 6.45) is 1.39. The van der Waals surface area contributed by atoms with Gasteiger partial charge in [-0.15, -0.1) is 0 Å². The summed E-state index contributed by atoms with van der Waals surface area (Å²) in [4.78, 5) is 22.5. The van der Waals surface area contributed by atoms with Crippen LogP contribution in [0.2, 0.25) is 0 Å². The monoisotopic (exact) mass is 326 g/mol. The minimum atomic E-state index is -0.759.